The summed E-state index contributed by atoms with van der Waals surface area (Å²) in [5, 5.41) is 0. The molecule has 1 heterocycles. The molecule has 0 aliphatic rings. The molecule has 112 valence electrons. The Balaban J connectivity index is 2.13. The fourth-order valence-corrected chi connectivity index (χ4v) is 2.19. The van der Waals surface area contributed by atoms with E-state index in [0.29, 0.717) is 13.2 Å². The van der Waals surface area contributed by atoms with Gasteiger partial charge in [-0.15, -0.1) is 0 Å². The van der Waals surface area contributed by atoms with Crippen molar-refractivity contribution in [2.24, 2.45) is 5.73 Å². The van der Waals surface area contributed by atoms with Gasteiger partial charge in [0.2, 0.25) is 0 Å². The van der Waals surface area contributed by atoms with Crippen molar-refractivity contribution in [2.75, 3.05) is 7.11 Å². The molecule has 1 aromatic carbocycles. The monoisotopic (exact) mass is 286 g/mol. The van der Waals surface area contributed by atoms with E-state index in [0.717, 1.165) is 40.4 Å². The van der Waals surface area contributed by atoms with E-state index in [1.807, 2.05) is 37.3 Å². The van der Waals surface area contributed by atoms with Crippen molar-refractivity contribution < 1.29 is 9.47 Å². The second-order valence-electron chi connectivity index (χ2n) is 4.89. The Morgan fingerprint density at radius 3 is 2.62 bits per heavy atom. The zero-order valence-electron chi connectivity index (χ0n) is 12.8. The quantitative estimate of drug-likeness (QED) is 0.887. The number of ether oxygens (including phenoxy) is 2. The number of methoxy groups -OCH3 is 1. The van der Waals surface area contributed by atoms with E-state index < -0.39 is 0 Å². The third-order valence-electron chi connectivity index (χ3n) is 3.37. The van der Waals surface area contributed by atoms with E-state index >= 15 is 0 Å². The molecule has 0 amide bonds. The van der Waals surface area contributed by atoms with Gasteiger partial charge in [0.25, 0.3) is 0 Å². The maximum atomic E-state index is 5.89. The van der Waals surface area contributed by atoms with Gasteiger partial charge in [0.05, 0.1) is 12.8 Å². The number of nitrogens with zero attached hydrogens (tertiary/aromatic N) is 1. The Labute approximate surface area is 125 Å². The van der Waals surface area contributed by atoms with Crippen LogP contribution >= 0.6 is 0 Å². The number of aryl methyl sites for hydroxylation is 2. The third-order valence-corrected chi connectivity index (χ3v) is 3.37. The van der Waals surface area contributed by atoms with Crippen molar-refractivity contribution >= 4 is 0 Å². The molecule has 0 atom stereocenters. The van der Waals surface area contributed by atoms with Crippen LogP contribution in [0, 0.1) is 6.92 Å². The summed E-state index contributed by atoms with van der Waals surface area (Å²) < 4.78 is 11.2. The number of pyridine rings is 1. The second kappa shape index (κ2) is 7.09. The van der Waals surface area contributed by atoms with Gasteiger partial charge in [0.15, 0.2) is 0 Å². The van der Waals surface area contributed by atoms with Crippen molar-refractivity contribution in [3.05, 3.63) is 52.8 Å². The first kappa shape index (κ1) is 15.3. The number of hydrogen-bond acceptors (Lipinski definition) is 4. The van der Waals surface area contributed by atoms with Gasteiger partial charge in [-0.05, 0) is 37.1 Å². The molecule has 2 rings (SSSR count). The molecule has 4 nitrogen and oxygen atoms in total. The van der Waals surface area contributed by atoms with Gasteiger partial charge in [-0.25, -0.2) is 0 Å². The van der Waals surface area contributed by atoms with Crippen LogP contribution in [0.3, 0.4) is 0 Å². The highest BCUT2D eigenvalue weighted by molar-refractivity contribution is 5.37. The van der Waals surface area contributed by atoms with Crippen LogP contribution in [0.25, 0.3) is 0 Å². The fourth-order valence-electron chi connectivity index (χ4n) is 2.19. The molecular weight excluding hydrogens is 264 g/mol. The average molecular weight is 286 g/mol. The molecule has 0 unspecified atom stereocenters. The van der Waals surface area contributed by atoms with Gasteiger partial charge in [0, 0.05) is 17.8 Å². The molecule has 0 bridgehead atoms. The summed E-state index contributed by atoms with van der Waals surface area (Å²) in [6.45, 7) is 5.01. The molecule has 0 aliphatic heterocycles. The summed E-state index contributed by atoms with van der Waals surface area (Å²) >= 11 is 0. The lowest BCUT2D eigenvalue weighted by Gasteiger charge is -2.12. The molecule has 0 aliphatic carbocycles. The lowest BCUT2D eigenvalue weighted by Crippen LogP contribution is -2.03. The largest absolute Gasteiger partial charge is 0.496 e. The normalized spacial score (nSPS) is 10.5. The van der Waals surface area contributed by atoms with Crippen LogP contribution in [0.4, 0.5) is 0 Å². The maximum absolute atomic E-state index is 5.89. The number of hydrogen-bond donors (Lipinski definition) is 1. The van der Waals surface area contributed by atoms with E-state index in [4.69, 9.17) is 15.2 Å². The van der Waals surface area contributed by atoms with Gasteiger partial charge in [-0.1, -0.05) is 19.1 Å². The number of aromatic nitrogens is 1. The van der Waals surface area contributed by atoms with E-state index in [1.54, 1.807) is 7.11 Å². The minimum Gasteiger partial charge on any atom is -0.496 e. The minimum atomic E-state index is 0.464. The van der Waals surface area contributed by atoms with Crippen molar-refractivity contribution in [1.82, 2.24) is 4.98 Å². The fraction of sp³-hybridized carbons (Fsp3) is 0.353. The van der Waals surface area contributed by atoms with Gasteiger partial charge in [0.1, 0.15) is 18.1 Å². The Bertz CT molecular complexity index is 612. The predicted octanol–water partition coefficient (Wildman–Crippen LogP) is 3.00. The van der Waals surface area contributed by atoms with Gasteiger partial charge in [-0.2, -0.15) is 0 Å². The molecule has 2 N–H and O–H groups in total. The van der Waals surface area contributed by atoms with Crippen LogP contribution in [0.1, 0.15) is 29.4 Å². The number of benzene rings is 1. The van der Waals surface area contributed by atoms with Gasteiger partial charge < -0.3 is 15.2 Å². The van der Waals surface area contributed by atoms with E-state index in [2.05, 4.69) is 11.9 Å². The number of rotatable bonds is 6. The summed E-state index contributed by atoms with van der Waals surface area (Å²) in [4.78, 5) is 4.50. The van der Waals surface area contributed by atoms with Crippen LogP contribution in [-0.2, 0) is 19.6 Å². The standard InChI is InChI=1S/C17H22N2O2/c1-4-15-16(8-5-12(2)19-15)21-11-13-6-7-14(10-18)17(9-13)20-3/h5-9H,4,10-11,18H2,1-3H3. The Morgan fingerprint density at radius 1 is 1.14 bits per heavy atom. The van der Waals surface area contributed by atoms with Gasteiger partial charge >= 0.3 is 0 Å². The summed E-state index contributed by atoms with van der Waals surface area (Å²) in [6.07, 6.45) is 0.854. The highest BCUT2D eigenvalue weighted by atomic mass is 16.5. The lowest BCUT2D eigenvalue weighted by atomic mass is 10.1. The topological polar surface area (TPSA) is 57.4 Å². The van der Waals surface area contributed by atoms with Crippen LogP contribution in [0.2, 0.25) is 0 Å². The molecule has 0 saturated heterocycles. The Morgan fingerprint density at radius 2 is 1.95 bits per heavy atom. The van der Waals surface area contributed by atoms with Crippen LogP contribution in [0.5, 0.6) is 11.5 Å². The second-order valence-corrected chi connectivity index (χ2v) is 4.89. The van der Waals surface area contributed by atoms with Crippen LogP contribution in [0.15, 0.2) is 30.3 Å². The van der Waals surface area contributed by atoms with E-state index in [9.17, 15) is 0 Å². The maximum Gasteiger partial charge on any atom is 0.141 e. The summed E-state index contributed by atoms with van der Waals surface area (Å²) in [5.41, 5.74) is 9.71. The zero-order valence-corrected chi connectivity index (χ0v) is 12.8. The van der Waals surface area contributed by atoms with Crippen molar-refractivity contribution in [2.45, 2.75) is 33.4 Å². The van der Waals surface area contributed by atoms with Crippen molar-refractivity contribution in [3.8, 4) is 11.5 Å². The molecule has 21 heavy (non-hydrogen) atoms. The Kier molecular flexibility index (Phi) is 5.17. The molecular formula is C17H22N2O2. The van der Waals surface area contributed by atoms with E-state index in [1.165, 1.54) is 0 Å². The molecule has 0 spiro atoms. The third kappa shape index (κ3) is 3.73. The van der Waals surface area contributed by atoms with Crippen molar-refractivity contribution in [3.63, 3.8) is 0 Å². The molecule has 0 saturated carbocycles. The summed E-state index contributed by atoms with van der Waals surface area (Å²) in [5.74, 6) is 1.64. The number of nitrogens with two attached hydrogens (primary N) is 1. The first-order chi connectivity index (χ1) is 10.2. The Hall–Kier alpha value is -2.07. The van der Waals surface area contributed by atoms with Crippen molar-refractivity contribution in [1.29, 1.82) is 0 Å². The average Bonchev–Trinajstić information content (AvgIpc) is 2.53. The molecule has 1 aromatic heterocycles. The molecule has 0 radical (unpaired) electrons. The van der Waals surface area contributed by atoms with Crippen LogP contribution < -0.4 is 15.2 Å². The smallest absolute Gasteiger partial charge is 0.141 e. The first-order valence-electron chi connectivity index (χ1n) is 7.13. The summed E-state index contributed by atoms with van der Waals surface area (Å²) in [7, 11) is 1.65. The highest BCUT2D eigenvalue weighted by Gasteiger charge is 2.07. The van der Waals surface area contributed by atoms with Gasteiger partial charge in [-0.3, -0.25) is 4.98 Å². The first-order valence-corrected chi connectivity index (χ1v) is 7.13. The van der Waals surface area contributed by atoms with Crippen LogP contribution in [-0.4, -0.2) is 12.1 Å². The lowest BCUT2D eigenvalue weighted by molar-refractivity contribution is 0.300. The predicted molar refractivity (Wildman–Crippen MR) is 83.6 cm³/mol. The highest BCUT2D eigenvalue weighted by Crippen LogP contribution is 2.22. The SMILES string of the molecule is CCc1nc(C)ccc1OCc1ccc(CN)c(OC)c1. The van der Waals surface area contributed by atoms with E-state index in [-0.39, 0.29) is 0 Å². The molecule has 2 aromatic rings. The molecule has 0 fully saturated rings. The summed E-state index contributed by atoms with van der Waals surface area (Å²) in [6, 6.07) is 9.90. The minimum absolute atomic E-state index is 0.464. The zero-order chi connectivity index (χ0) is 15.2. The molecule has 4 heteroatoms.